The Labute approximate surface area is 252 Å². The monoisotopic (exact) mass is 653 g/mol. The molecule has 3 rings (SSSR count). The zero-order chi connectivity index (χ0) is 30.9. The molecule has 2 aromatic carbocycles. The maximum atomic E-state index is 15.6. The summed E-state index contributed by atoms with van der Waals surface area (Å²) in [5.41, 5.74) is -2.79. The number of carbonyl (C=O) groups excluding carboxylic acids is 3. The van der Waals surface area contributed by atoms with Gasteiger partial charge in [-0.15, -0.1) is 4.99 Å². The summed E-state index contributed by atoms with van der Waals surface area (Å²) in [6.45, 7) is 10.0. The molecule has 2 N–H and O–H groups in total. The zero-order valence-electron chi connectivity index (χ0n) is 24.0. The molecule has 1 saturated heterocycles. The Hall–Kier alpha value is -3.02. The van der Waals surface area contributed by atoms with Crippen molar-refractivity contribution in [3.05, 3.63) is 68.4 Å². The van der Waals surface area contributed by atoms with Crippen molar-refractivity contribution in [1.82, 2.24) is 10.2 Å². The van der Waals surface area contributed by atoms with E-state index in [1.807, 2.05) is 20.8 Å². The second-order valence-electron chi connectivity index (χ2n) is 11.9. The van der Waals surface area contributed by atoms with Crippen molar-refractivity contribution in [1.29, 1.82) is 0 Å². The van der Waals surface area contributed by atoms with E-state index in [-0.39, 0.29) is 28.5 Å². The third-order valence-corrected chi connectivity index (χ3v) is 7.00. The first kappa shape index (κ1) is 32.5. The van der Waals surface area contributed by atoms with Gasteiger partial charge in [-0.3, -0.25) is 9.69 Å². The van der Waals surface area contributed by atoms with Crippen LogP contribution in [0.4, 0.5) is 9.18 Å². The van der Waals surface area contributed by atoms with E-state index in [4.69, 9.17) is 21.1 Å². The zero-order valence-corrected chi connectivity index (χ0v) is 26.3. The fourth-order valence-electron chi connectivity index (χ4n) is 4.73. The summed E-state index contributed by atoms with van der Waals surface area (Å²) in [4.78, 5) is 44.9. The quantitative estimate of drug-likeness (QED) is 0.361. The van der Waals surface area contributed by atoms with Crippen molar-refractivity contribution in [2.75, 3.05) is 13.7 Å². The molecular weight excluding hydrogens is 621 g/mol. The standard InChI is InChI=1S/C29H34BrClFN3O6/c1-27(2,3)15-29(19-10-9-17(30)13-21(19)32)24(38)35(25(34-29)33-26(39)41-28(4,5)6)22(14-36)16-8-11-20(31)18(12-16)23(37)40-7/h8-13,22,36H,14-15H2,1-7H3,(H,33,34,39)/t22?,29-/m1/s1. The summed E-state index contributed by atoms with van der Waals surface area (Å²) in [6.07, 6.45) is -0.906. The van der Waals surface area contributed by atoms with Crippen LogP contribution < -0.4 is 5.32 Å². The summed E-state index contributed by atoms with van der Waals surface area (Å²) in [7, 11) is 1.20. The van der Waals surface area contributed by atoms with E-state index in [1.165, 1.54) is 37.4 Å². The number of halogens is 3. The van der Waals surface area contributed by atoms with Crippen molar-refractivity contribution < 1.29 is 33.4 Å². The number of benzene rings is 2. The van der Waals surface area contributed by atoms with Crippen molar-refractivity contribution >= 4 is 51.5 Å². The van der Waals surface area contributed by atoms with Gasteiger partial charge in [-0.05, 0) is 62.4 Å². The number of hydrogen-bond donors (Lipinski definition) is 2. The molecule has 0 bridgehead atoms. The molecule has 222 valence electrons. The highest BCUT2D eigenvalue weighted by Crippen LogP contribution is 2.43. The van der Waals surface area contributed by atoms with E-state index < -0.39 is 53.0 Å². The lowest BCUT2D eigenvalue weighted by atomic mass is 9.75. The van der Waals surface area contributed by atoms with Crippen LogP contribution in [0.3, 0.4) is 0 Å². The van der Waals surface area contributed by atoms with Gasteiger partial charge in [-0.1, -0.05) is 60.4 Å². The maximum Gasteiger partial charge on any atom is 0.437 e. The summed E-state index contributed by atoms with van der Waals surface area (Å²) in [5, 5.41) is 13.7. The molecule has 1 unspecified atom stereocenters. The first-order chi connectivity index (χ1) is 18.9. The van der Waals surface area contributed by atoms with Gasteiger partial charge in [0.05, 0.1) is 30.3 Å². The Bertz CT molecular complexity index is 1390. The topological polar surface area (TPSA) is 118 Å². The molecule has 0 spiro atoms. The molecule has 0 radical (unpaired) electrons. The molecule has 1 fully saturated rings. The highest BCUT2D eigenvalue weighted by atomic mass is 79.9. The number of carbonyl (C=O) groups is 3. The summed E-state index contributed by atoms with van der Waals surface area (Å²) >= 11 is 9.46. The molecular formula is C29H34BrClFN3O6. The average molecular weight is 655 g/mol. The minimum atomic E-state index is -1.71. The second-order valence-corrected chi connectivity index (χ2v) is 13.2. The predicted molar refractivity (Wildman–Crippen MR) is 156 cm³/mol. The van der Waals surface area contributed by atoms with Gasteiger partial charge in [-0.25, -0.2) is 14.0 Å². The molecule has 1 heterocycles. The number of hydrogen-bond acceptors (Lipinski definition) is 6. The number of amides is 2. The first-order valence-electron chi connectivity index (χ1n) is 12.8. The normalized spacial score (nSPS) is 19.2. The number of esters is 1. The lowest BCUT2D eigenvalue weighted by Crippen LogP contribution is -2.47. The number of ether oxygens (including phenoxy) is 2. The second kappa shape index (κ2) is 12.1. The minimum Gasteiger partial charge on any atom is -0.465 e. The number of aliphatic hydroxyl groups excluding tert-OH is 1. The number of aliphatic hydroxyl groups is 1. The third kappa shape index (κ3) is 7.25. The lowest BCUT2D eigenvalue weighted by molar-refractivity contribution is -0.135. The number of methoxy groups -OCH3 is 1. The van der Waals surface area contributed by atoms with Gasteiger partial charge >= 0.3 is 12.1 Å². The smallest absolute Gasteiger partial charge is 0.437 e. The number of nitrogens with one attached hydrogen (secondary N) is 1. The average Bonchev–Trinajstić information content (AvgIpc) is 3.08. The van der Waals surface area contributed by atoms with Crippen LogP contribution in [0, 0.1) is 11.2 Å². The first-order valence-corrected chi connectivity index (χ1v) is 14.0. The van der Waals surface area contributed by atoms with Crippen LogP contribution in [0.5, 0.6) is 0 Å². The van der Waals surface area contributed by atoms with E-state index in [0.717, 1.165) is 4.90 Å². The van der Waals surface area contributed by atoms with Crippen LogP contribution in [0.25, 0.3) is 0 Å². The molecule has 2 aromatic rings. The largest absolute Gasteiger partial charge is 0.465 e. The predicted octanol–water partition coefficient (Wildman–Crippen LogP) is 6.12. The van der Waals surface area contributed by atoms with E-state index in [9.17, 15) is 19.5 Å². The highest BCUT2D eigenvalue weighted by molar-refractivity contribution is 9.10. The fraction of sp³-hybridized carbons (Fsp3) is 0.448. The molecule has 41 heavy (non-hydrogen) atoms. The van der Waals surface area contributed by atoms with Gasteiger partial charge in [0, 0.05) is 10.0 Å². The van der Waals surface area contributed by atoms with Crippen LogP contribution >= 0.6 is 27.5 Å². The van der Waals surface area contributed by atoms with E-state index >= 15 is 4.39 Å². The Balaban J connectivity index is 2.29. The van der Waals surface area contributed by atoms with Gasteiger partial charge in [0.15, 0.2) is 0 Å². The van der Waals surface area contributed by atoms with Crippen LogP contribution in [0.2, 0.25) is 5.02 Å². The number of rotatable bonds is 6. The number of nitrogens with zero attached hydrogens (tertiary/aromatic N) is 2. The van der Waals surface area contributed by atoms with Crippen molar-refractivity contribution in [3.8, 4) is 0 Å². The van der Waals surface area contributed by atoms with Crippen molar-refractivity contribution in [3.63, 3.8) is 0 Å². The van der Waals surface area contributed by atoms with Gasteiger partial charge < -0.3 is 19.9 Å². The molecule has 0 saturated carbocycles. The molecule has 2 atom stereocenters. The molecule has 1 aliphatic rings. The maximum absolute atomic E-state index is 15.6. The Morgan fingerprint density at radius 3 is 2.37 bits per heavy atom. The molecule has 1 aliphatic heterocycles. The molecule has 0 aliphatic carbocycles. The summed E-state index contributed by atoms with van der Waals surface area (Å²) in [6, 6.07) is 7.52. The molecule has 2 amide bonds. The molecule has 12 heteroatoms. The van der Waals surface area contributed by atoms with Crippen molar-refractivity contribution in [2.45, 2.75) is 65.1 Å². The number of aliphatic imine (C=N–C) groups is 1. The SMILES string of the molecule is COC(=O)c1cc(C(CO)N2C(=O)[C@@](CC(C)(C)C)(c3ccc(Br)cc3F)NC2=NC(=O)OC(C)(C)C)ccc1Cl. The minimum absolute atomic E-state index is 0.00950. The summed E-state index contributed by atoms with van der Waals surface area (Å²) in [5.74, 6) is -2.29. The van der Waals surface area contributed by atoms with Crippen LogP contribution in [-0.4, -0.2) is 53.3 Å². The molecule has 0 aromatic heterocycles. The number of guanidine groups is 1. The van der Waals surface area contributed by atoms with Gasteiger partial charge in [0.2, 0.25) is 5.96 Å². The Morgan fingerprint density at radius 1 is 1.17 bits per heavy atom. The van der Waals surface area contributed by atoms with Crippen LogP contribution in [0.15, 0.2) is 45.9 Å². The van der Waals surface area contributed by atoms with Gasteiger partial charge in [0.1, 0.15) is 17.0 Å². The van der Waals surface area contributed by atoms with E-state index in [1.54, 1.807) is 26.8 Å². The Morgan fingerprint density at radius 2 is 1.83 bits per heavy atom. The lowest BCUT2D eigenvalue weighted by Gasteiger charge is -2.35. The van der Waals surface area contributed by atoms with Gasteiger partial charge in [0.25, 0.3) is 5.91 Å². The van der Waals surface area contributed by atoms with E-state index in [2.05, 4.69) is 26.2 Å². The fourth-order valence-corrected chi connectivity index (χ4v) is 5.26. The van der Waals surface area contributed by atoms with Crippen LogP contribution in [0.1, 0.15) is 75.5 Å². The van der Waals surface area contributed by atoms with Crippen LogP contribution in [-0.2, 0) is 19.8 Å². The van der Waals surface area contributed by atoms with Gasteiger partial charge in [-0.2, -0.15) is 0 Å². The Kier molecular flexibility index (Phi) is 9.57. The molecule has 9 nitrogen and oxygen atoms in total. The highest BCUT2D eigenvalue weighted by Gasteiger charge is 2.56. The van der Waals surface area contributed by atoms with E-state index in [0.29, 0.717) is 10.0 Å². The summed E-state index contributed by atoms with van der Waals surface area (Å²) < 4.78 is 26.2. The van der Waals surface area contributed by atoms with Crippen molar-refractivity contribution in [2.24, 2.45) is 10.4 Å². The third-order valence-electron chi connectivity index (χ3n) is 6.18.